The lowest BCUT2D eigenvalue weighted by Crippen LogP contribution is -2.51. The summed E-state index contributed by atoms with van der Waals surface area (Å²) in [5.74, 6) is -1.83. The largest absolute Gasteiger partial charge is 0.573 e. The summed E-state index contributed by atoms with van der Waals surface area (Å²) in [5.41, 5.74) is -0.572. The van der Waals surface area contributed by atoms with Gasteiger partial charge in [-0.1, -0.05) is 30.5 Å². The summed E-state index contributed by atoms with van der Waals surface area (Å²) in [4.78, 5) is 27.3. The summed E-state index contributed by atoms with van der Waals surface area (Å²) < 4.78 is 41.4. The molecule has 0 saturated heterocycles. The van der Waals surface area contributed by atoms with Gasteiger partial charge in [-0.05, 0) is 43.4 Å². The van der Waals surface area contributed by atoms with Crippen LogP contribution in [0, 0.1) is 11.3 Å². The van der Waals surface area contributed by atoms with E-state index < -0.39 is 35.5 Å². The topological polar surface area (TPSA) is 122 Å². The van der Waals surface area contributed by atoms with E-state index in [9.17, 15) is 28.0 Å². The first kappa shape index (κ1) is 24.8. The van der Waals surface area contributed by atoms with E-state index in [1.54, 1.807) is 0 Å². The van der Waals surface area contributed by atoms with E-state index in [1.165, 1.54) is 23.1 Å². The van der Waals surface area contributed by atoms with E-state index >= 15 is 0 Å². The first-order chi connectivity index (χ1) is 16.6. The number of nitrogens with one attached hydrogen (secondary N) is 2. The summed E-state index contributed by atoms with van der Waals surface area (Å²) in [6, 6.07) is 4.60. The summed E-state index contributed by atoms with van der Waals surface area (Å²) >= 11 is 5.93. The molecule has 4 rings (SSSR count). The van der Waals surface area contributed by atoms with Crippen molar-refractivity contribution in [2.24, 2.45) is 0 Å². The van der Waals surface area contributed by atoms with Crippen LogP contribution in [0.5, 0.6) is 5.75 Å². The zero-order chi connectivity index (χ0) is 25.2. The third kappa shape index (κ3) is 6.22. The fourth-order valence-corrected chi connectivity index (χ4v) is 4.20. The van der Waals surface area contributed by atoms with Crippen molar-refractivity contribution in [1.29, 1.82) is 5.26 Å². The number of benzene rings is 1. The Hall–Kier alpha value is -3.33. The predicted molar refractivity (Wildman–Crippen MR) is 116 cm³/mol. The molecular formula is C22H22ClF3N6O3. The number of carbonyl (C=O) groups is 2. The summed E-state index contributed by atoms with van der Waals surface area (Å²) in [5, 5.41) is 22.6. The Morgan fingerprint density at radius 1 is 1.31 bits per heavy atom. The van der Waals surface area contributed by atoms with Crippen LogP contribution in [-0.4, -0.2) is 44.8 Å². The Bertz CT molecular complexity index is 1150. The van der Waals surface area contributed by atoms with Crippen molar-refractivity contribution in [2.75, 3.05) is 0 Å². The molecule has 2 saturated carbocycles. The maximum Gasteiger partial charge on any atom is 0.573 e. The van der Waals surface area contributed by atoms with Gasteiger partial charge in [0.1, 0.15) is 17.3 Å². The molecule has 2 aliphatic carbocycles. The molecule has 1 aromatic carbocycles. The molecule has 1 atom stereocenters. The Kier molecular flexibility index (Phi) is 6.89. The number of hydrogen-bond acceptors (Lipinski definition) is 6. The van der Waals surface area contributed by atoms with E-state index in [-0.39, 0.29) is 23.2 Å². The second-order valence-corrected chi connectivity index (χ2v) is 9.12. The molecule has 2 amide bonds. The first-order valence-electron chi connectivity index (χ1n) is 11.1. The molecule has 9 nitrogen and oxygen atoms in total. The highest BCUT2D eigenvalue weighted by molar-refractivity contribution is 6.32. The minimum Gasteiger partial charge on any atom is -0.404 e. The number of nitriles is 1. The molecule has 35 heavy (non-hydrogen) atoms. The van der Waals surface area contributed by atoms with Crippen LogP contribution in [0.3, 0.4) is 0 Å². The molecule has 2 N–H and O–H groups in total. The van der Waals surface area contributed by atoms with Crippen molar-refractivity contribution < 1.29 is 27.5 Å². The van der Waals surface area contributed by atoms with Gasteiger partial charge in [-0.25, -0.2) is 0 Å². The average Bonchev–Trinajstić information content (AvgIpc) is 3.18. The zero-order valence-corrected chi connectivity index (χ0v) is 19.2. The maximum atomic E-state index is 13.0. The minimum atomic E-state index is -4.91. The summed E-state index contributed by atoms with van der Waals surface area (Å²) in [6.45, 7) is 0. The van der Waals surface area contributed by atoms with Crippen molar-refractivity contribution in [3.63, 3.8) is 0 Å². The SMILES string of the molecule is N#CC1(NC(=O)[C@H](Cc2ccc(OC(F)(F)F)c(Cl)c2)NC(=O)c2cnn(C3CCCC3)n2)CC1. The lowest BCUT2D eigenvalue weighted by Gasteiger charge is -2.20. The molecule has 1 heterocycles. The molecule has 1 aromatic heterocycles. The quantitative estimate of drug-likeness (QED) is 0.561. The monoisotopic (exact) mass is 510 g/mol. The number of carbonyl (C=O) groups excluding carboxylic acids is 2. The van der Waals surface area contributed by atoms with Gasteiger partial charge in [0.25, 0.3) is 5.91 Å². The lowest BCUT2D eigenvalue weighted by molar-refractivity contribution is -0.274. The number of halogens is 4. The van der Waals surface area contributed by atoms with Gasteiger partial charge in [-0.3, -0.25) is 9.59 Å². The van der Waals surface area contributed by atoms with Gasteiger partial charge >= 0.3 is 6.36 Å². The van der Waals surface area contributed by atoms with Crippen LogP contribution < -0.4 is 15.4 Å². The van der Waals surface area contributed by atoms with Crippen LogP contribution in [0.1, 0.15) is 60.6 Å². The van der Waals surface area contributed by atoms with Crippen LogP contribution >= 0.6 is 11.6 Å². The van der Waals surface area contributed by atoms with E-state index in [0.717, 1.165) is 31.7 Å². The van der Waals surface area contributed by atoms with E-state index in [2.05, 4.69) is 25.6 Å². The third-order valence-corrected chi connectivity index (χ3v) is 6.30. The van der Waals surface area contributed by atoms with E-state index in [1.807, 2.05) is 6.07 Å². The van der Waals surface area contributed by atoms with E-state index in [0.29, 0.717) is 18.4 Å². The van der Waals surface area contributed by atoms with Gasteiger partial charge in [0.05, 0.1) is 23.3 Å². The van der Waals surface area contributed by atoms with Gasteiger partial charge < -0.3 is 15.4 Å². The summed E-state index contributed by atoms with van der Waals surface area (Å²) in [6.07, 6.45) is 1.26. The molecule has 0 bridgehead atoms. The van der Waals surface area contributed by atoms with Crippen molar-refractivity contribution in [2.45, 2.75) is 68.9 Å². The van der Waals surface area contributed by atoms with Crippen molar-refractivity contribution in [3.05, 3.63) is 40.7 Å². The van der Waals surface area contributed by atoms with Crippen LogP contribution in [0.15, 0.2) is 24.4 Å². The normalized spacial score (nSPS) is 17.9. The molecule has 0 radical (unpaired) electrons. The van der Waals surface area contributed by atoms with Crippen molar-refractivity contribution in [3.8, 4) is 11.8 Å². The fourth-order valence-electron chi connectivity index (χ4n) is 3.96. The number of hydrogen-bond donors (Lipinski definition) is 2. The fraction of sp³-hybridized carbons (Fsp3) is 0.500. The highest BCUT2D eigenvalue weighted by atomic mass is 35.5. The number of nitrogens with zero attached hydrogens (tertiary/aromatic N) is 4. The maximum absolute atomic E-state index is 13.0. The highest BCUT2D eigenvalue weighted by Gasteiger charge is 2.45. The molecule has 2 aromatic rings. The Labute approximate surface area is 203 Å². The molecular weight excluding hydrogens is 489 g/mol. The molecule has 0 aliphatic heterocycles. The lowest BCUT2D eigenvalue weighted by atomic mass is 10.0. The molecule has 0 unspecified atom stereocenters. The minimum absolute atomic E-state index is 0.0306. The Balaban J connectivity index is 1.50. The standard InChI is InChI=1S/C22H22ClF3N6O3/c23-15-9-13(5-6-18(15)35-22(24,25)26)10-16(20(34)30-21(12-27)7-8-21)29-19(33)17-11-28-32(31-17)14-3-1-2-4-14/h5-6,9,11,14,16H,1-4,7-8,10H2,(H,29,33)(H,30,34)/t16-/m0/s1. The predicted octanol–water partition coefficient (Wildman–Crippen LogP) is 3.46. The number of alkyl halides is 3. The van der Waals surface area contributed by atoms with Crippen LogP contribution in [0.25, 0.3) is 0 Å². The number of rotatable bonds is 8. The van der Waals surface area contributed by atoms with Gasteiger partial charge in [0, 0.05) is 6.42 Å². The highest BCUT2D eigenvalue weighted by Crippen LogP contribution is 2.35. The molecule has 186 valence electrons. The van der Waals surface area contributed by atoms with Gasteiger partial charge in [-0.15, -0.1) is 18.3 Å². The van der Waals surface area contributed by atoms with Crippen molar-refractivity contribution >= 4 is 23.4 Å². The number of ether oxygens (including phenoxy) is 1. The second kappa shape index (κ2) is 9.73. The summed E-state index contributed by atoms with van der Waals surface area (Å²) in [7, 11) is 0. The second-order valence-electron chi connectivity index (χ2n) is 8.71. The molecule has 13 heteroatoms. The molecule has 2 fully saturated rings. The number of amides is 2. The van der Waals surface area contributed by atoms with Crippen LogP contribution in [-0.2, 0) is 11.2 Å². The Morgan fingerprint density at radius 2 is 2.03 bits per heavy atom. The molecule has 0 spiro atoms. The number of aromatic nitrogens is 3. The van der Waals surface area contributed by atoms with E-state index in [4.69, 9.17) is 11.6 Å². The van der Waals surface area contributed by atoms with Crippen LogP contribution in [0.4, 0.5) is 13.2 Å². The van der Waals surface area contributed by atoms with Gasteiger partial charge in [-0.2, -0.15) is 15.2 Å². The smallest absolute Gasteiger partial charge is 0.404 e. The van der Waals surface area contributed by atoms with Crippen LogP contribution in [0.2, 0.25) is 5.02 Å². The van der Waals surface area contributed by atoms with Gasteiger partial charge in [0.2, 0.25) is 5.91 Å². The Morgan fingerprint density at radius 3 is 2.63 bits per heavy atom. The first-order valence-corrected chi connectivity index (χ1v) is 11.5. The zero-order valence-electron chi connectivity index (χ0n) is 18.4. The van der Waals surface area contributed by atoms with Gasteiger partial charge in [0.15, 0.2) is 5.69 Å². The van der Waals surface area contributed by atoms with Crippen molar-refractivity contribution in [1.82, 2.24) is 25.6 Å². The third-order valence-electron chi connectivity index (χ3n) is 6.00. The molecule has 2 aliphatic rings. The average molecular weight is 511 g/mol.